The number of aromatic nitrogens is 2. The third-order valence-corrected chi connectivity index (χ3v) is 3.85. The predicted octanol–water partition coefficient (Wildman–Crippen LogP) is 1.35. The van der Waals surface area contributed by atoms with Crippen molar-refractivity contribution < 1.29 is 4.79 Å². The van der Waals surface area contributed by atoms with Gasteiger partial charge in [0, 0.05) is 19.6 Å². The van der Waals surface area contributed by atoms with E-state index in [0.29, 0.717) is 18.3 Å². The number of halogens is 1. The molecule has 19 heavy (non-hydrogen) atoms. The first-order valence-electron chi connectivity index (χ1n) is 6.48. The second-order valence-corrected chi connectivity index (χ2v) is 5.70. The Morgan fingerprint density at radius 2 is 2.37 bits per heavy atom. The van der Waals surface area contributed by atoms with Gasteiger partial charge in [-0.3, -0.25) is 4.79 Å². The van der Waals surface area contributed by atoms with Crippen LogP contribution in [-0.4, -0.2) is 34.6 Å². The van der Waals surface area contributed by atoms with Crippen LogP contribution in [0.4, 0.5) is 0 Å². The summed E-state index contributed by atoms with van der Waals surface area (Å²) >= 11 is 0. The molecule has 2 N–H and O–H groups in total. The molecule has 0 aromatic carbocycles. The molecule has 1 fully saturated rings. The van der Waals surface area contributed by atoms with Crippen LogP contribution >= 0.6 is 12.4 Å². The van der Waals surface area contributed by atoms with Crippen LogP contribution in [0.1, 0.15) is 37.2 Å². The summed E-state index contributed by atoms with van der Waals surface area (Å²) in [4.78, 5) is 15.9. The number of piperidine rings is 1. The van der Waals surface area contributed by atoms with E-state index in [1.54, 1.807) is 17.1 Å². The molecule has 1 unspecified atom stereocenters. The average molecular weight is 287 g/mol. The summed E-state index contributed by atoms with van der Waals surface area (Å²) in [7, 11) is 1.82. The Balaban J connectivity index is 0.00000180. The number of nitrogens with zero attached hydrogens (tertiary/aromatic N) is 2. The SMILES string of the molecule is Cl.Cn1cncc1C(=O)NCC1NCCCC1(C)C. The van der Waals surface area contributed by atoms with Gasteiger partial charge in [-0.25, -0.2) is 4.98 Å². The summed E-state index contributed by atoms with van der Waals surface area (Å²) < 4.78 is 1.73. The van der Waals surface area contributed by atoms with E-state index in [0.717, 1.165) is 6.54 Å². The van der Waals surface area contributed by atoms with Gasteiger partial charge in [-0.2, -0.15) is 0 Å². The zero-order valence-corrected chi connectivity index (χ0v) is 12.6. The lowest BCUT2D eigenvalue weighted by molar-refractivity contribution is 0.0920. The second kappa shape index (κ2) is 6.39. The third-order valence-electron chi connectivity index (χ3n) is 3.85. The normalized spacial score (nSPS) is 21.5. The molecule has 2 heterocycles. The molecule has 2 rings (SSSR count). The lowest BCUT2D eigenvalue weighted by atomic mass is 9.77. The molecule has 1 atom stereocenters. The number of nitrogens with one attached hydrogen (secondary N) is 2. The fourth-order valence-electron chi connectivity index (χ4n) is 2.48. The van der Waals surface area contributed by atoms with Crippen LogP contribution in [0.25, 0.3) is 0 Å². The van der Waals surface area contributed by atoms with Gasteiger partial charge in [-0.05, 0) is 24.8 Å². The number of aryl methyl sites for hydroxylation is 1. The fraction of sp³-hybridized carbons (Fsp3) is 0.692. The summed E-state index contributed by atoms with van der Waals surface area (Å²) in [5.41, 5.74) is 0.835. The predicted molar refractivity (Wildman–Crippen MR) is 77.6 cm³/mol. The van der Waals surface area contributed by atoms with Crippen molar-refractivity contribution in [3.05, 3.63) is 18.2 Å². The third kappa shape index (κ3) is 3.70. The van der Waals surface area contributed by atoms with E-state index in [1.807, 2.05) is 7.05 Å². The standard InChI is InChI=1S/C13H22N4O.ClH/c1-13(2)5-4-6-15-11(13)8-16-12(18)10-7-14-9-17(10)3;/h7,9,11,15H,4-6,8H2,1-3H3,(H,16,18);1H. The maximum Gasteiger partial charge on any atom is 0.269 e. The van der Waals surface area contributed by atoms with Crippen molar-refractivity contribution in [2.45, 2.75) is 32.7 Å². The van der Waals surface area contributed by atoms with Gasteiger partial charge in [0.25, 0.3) is 5.91 Å². The summed E-state index contributed by atoms with van der Waals surface area (Å²) in [6.07, 6.45) is 5.64. The minimum Gasteiger partial charge on any atom is -0.349 e. The summed E-state index contributed by atoms with van der Waals surface area (Å²) in [6, 6.07) is 0.337. The summed E-state index contributed by atoms with van der Waals surface area (Å²) in [5.74, 6) is -0.0572. The molecule has 1 saturated heterocycles. The number of rotatable bonds is 3. The highest BCUT2D eigenvalue weighted by Crippen LogP contribution is 2.29. The molecular formula is C13H23ClN4O. The fourth-order valence-corrected chi connectivity index (χ4v) is 2.48. The molecule has 0 radical (unpaired) electrons. The van der Waals surface area contributed by atoms with Crippen LogP contribution in [0.5, 0.6) is 0 Å². The van der Waals surface area contributed by atoms with E-state index in [9.17, 15) is 4.79 Å². The highest BCUT2D eigenvalue weighted by atomic mass is 35.5. The van der Waals surface area contributed by atoms with Crippen molar-refractivity contribution in [3.8, 4) is 0 Å². The van der Waals surface area contributed by atoms with Crippen LogP contribution in [0.3, 0.4) is 0 Å². The molecule has 1 amide bonds. The molecule has 108 valence electrons. The first-order valence-corrected chi connectivity index (χ1v) is 6.48. The maximum atomic E-state index is 12.0. The Kier molecular flexibility index (Phi) is 5.38. The molecule has 1 aromatic heterocycles. The maximum absolute atomic E-state index is 12.0. The van der Waals surface area contributed by atoms with Crippen LogP contribution < -0.4 is 10.6 Å². The van der Waals surface area contributed by atoms with Crippen molar-refractivity contribution in [3.63, 3.8) is 0 Å². The van der Waals surface area contributed by atoms with E-state index >= 15 is 0 Å². The number of carbonyl (C=O) groups excluding carboxylic acids is 1. The number of imidazole rings is 1. The average Bonchev–Trinajstić information content (AvgIpc) is 2.73. The molecule has 0 spiro atoms. The molecule has 6 heteroatoms. The Bertz CT molecular complexity index is 430. The molecule has 0 aliphatic carbocycles. The zero-order valence-electron chi connectivity index (χ0n) is 11.8. The monoisotopic (exact) mass is 286 g/mol. The van der Waals surface area contributed by atoms with Gasteiger partial charge < -0.3 is 15.2 Å². The van der Waals surface area contributed by atoms with Crippen LogP contribution in [0, 0.1) is 5.41 Å². The molecule has 0 saturated carbocycles. The first-order chi connectivity index (χ1) is 8.50. The molecule has 1 aliphatic rings. The van der Waals surface area contributed by atoms with Crippen LogP contribution in [0.2, 0.25) is 0 Å². The first kappa shape index (κ1) is 16.0. The summed E-state index contributed by atoms with van der Waals surface area (Å²) in [6.45, 7) is 6.20. The van der Waals surface area contributed by atoms with Gasteiger partial charge in [0.2, 0.25) is 0 Å². The highest BCUT2D eigenvalue weighted by Gasteiger charge is 2.32. The van der Waals surface area contributed by atoms with Crippen molar-refractivity contribution in [1.29, 1.82) is 0 Å². The van der Waals surface area contributed by atoms with Crippen molar-refractivity contribution in [2.24, 2.45) is 12.5 Å². The van der Waals surface area contributed by atoms with Crippen molar-refractivity contribution in [2.75, 3.05) is 13.1 Å². The topological polar surface area (TPSA) is 59.0 Å². The number of carbonyl (C=O) groups is 1. The van der Waals surface area contributed by atoms with Crippen molar-refractivity contribution >= 4 is 18.3 Å². The number of amides is 1. The van der Waals surface area contributed by atoms with Gasteiger partial charge in [0.15, 0.2) is 0 Å². The van der Waals surface area contributed by atoms with E-state index in [1.165, 1.54) is 12.8 Å². The lowest BCUT2D eigenvalue weighted by Gasteiger charge is -2.39. The largest absolute Gasteiger partial charge is 0.349 e. The number of hydrogen-bond donors (Lipinski definition) is 2. The van der Waals surface area contributed by atoms with E-state index < -0.39 is 0 Å². The van der Waals surface area contributed by atoms with Gasteiger partial charge in [0.05, 0.1) is 12.5 Å². The van der Waals surface area contributed by atoms with Crippen LogP contribution in [-0.2, 0) is 7.05 Å². The number of hydrogen-bond acceptors (Lipinski definition) is 3. The Morgan fingerprint density at radius 1 is 1.63 bits per heavy atom. The van der Waals surface area contributed by atoms with E-state index in [-0.39, 0.29) is 23.7 Å². The Hall–Kier alpha value is -1.07. The minimum atomic E-state index is -0.0572. The van der Waals surface area contributed by atoms with Gasteiger partial charge in [0.1, 0.15) is 5.69 Å². The minimum absolute atomic E-state index is 0. The van der Waals surface area contributed by atoms with E-state index in [2.05, 4.69) is 29.5 Å². The van der Waals surface area contributed by atoms with Crippen molar-refractivity contribution in [1.82, 2.24) is 20.2 Å². The lowest BCUT2D eigenvalue weighted by Crippen LogP contribution is -2.52. The molecule has 1 aromatic rings. The van der Waals surface area contributed by atoms with Gasteiger partial charge >= 0.3 is 0 Å². The summed E-state index contributed by atoms with van der Waals surface area (Å²) in [5, 5.41) is 6.48. The smallest absolute Gasteiger partial charge is 0.269 e. The van der Waals surface area contributed by atoms with E-state index in [4.69, 9.17) is 0 Å². The van der Waals surface area contributed by atoms with Gasteiger partial charge in [-0.1, -0.05) is 13.8 Å². The molecule has 0 bridgehead atoms. The highest BCUT2D eigenvalue weighted by molar-refractivity contribution is 5.92. The molecule has 1 aliphatic heterocycles. The molecular weight excluding hydrogens is 264 g/mol. The molecule has 5 nitrogen and oxygen atoms in total. The quantitative estimate of drug-likeness (QED) is 0.882. The van der Waals surface area contributed by atoms with Crippen LogP contribution in [0.15, 0.2) is 12.5 Å². The zero-order chi connectivity index (χ0) is 13.2. The Labute approximate surface area is 120 Å². The van der Waals surface area contributed by atoms with Gasteiger partial charge in [-0.15, -0.1) is 12.4 Å². The Morgan fingerprint density at radius 3 is 2.95 bits per heavy atom. The second-order valence-electron chi connectivity index (χ2n) is 5.70.